The molecule has 18 heteroatoms. The van der Waals surface area contributed by atoms with Crippen molar-refractivity contribution in [1.82, 2.24) is 4.98 Å². The second-order valence-electron chi connectivity index (χ2n) is 14.2. The van der Waals surface area contributed by atoms with Gasteiger partial charge in [-0.3, -0.25) is 4.98 Å². The van der Waals surface area contributed by atoms with E-state index in [1.54, 1.807) is 24.4 Å². The van der Waals surface area contributed by atoms with Gasteiger partial charge < -0.3 is 0 Å². The smallest absolute Gasteiger partial charge is 0.256 e. The minimum Gasteiger partial charge on any atom is -0.256 e. The first-order valence-electron chi connectivity index (χ1n) is 13.6. The van der Waals surface area contributed by atoms with E-state index in [1.807, 2.05) is 29.6 Å². The highest BCUT2D eigenvalue weighted by atomic mass is 19.4. The zero-order chi connectivity index (χ0) is 32.1. The minimum atomic E-state index is -6.31. The summed E-state index contributed by atoms with van der Waals surface area (Å²) in [7, 11) is 18.0. The van der Waals surface area contributed by atoms with Gasteiger partial charge in [-0.2, -0.15) is 35.1 Å². The number of nitrogens with zero attached hydrogens (tertiary/aromatic N) is 1. The number of pyridine rings is 1. The van der Waals surface area contributed by atoms with E-state index >= 15 is 0 Å². The van der Waals surface area contributed by atoms with Gasteiger partial charge in [0.2, 0.25) is 0 Å². The molecule has 1 aliphatic rings. The molecule has 0 saturated heterocycles. The van der Waals surface area contributed by atoms with Crippen LogP contribution >= 0.6 is 0 Å². The molecule has 0 saturated carbocycles. The van der Waals surface area contributed by atoms with Gasteiger partial charge in [0.1, 0.15) is 0 Å². The molecule has 0 spiro atoms. The van der Waals surface area contributed by atoms with Gasteiger partial charge in [-0.1, -0.05) is 50.7 Å². The topological polar surface area (TPSA) is 12.9 Å². The molecule has 0 radical (unpaired) electrons. The van der Waals surface area contributed by atoms with Crippen LogP contribution in [0.3, 0.4) is 0 Å². The number of hydrogen-bond donors (Lipinski definition) is 0. The summed E-state index contributed by atoms with van der Waals surface area (Å²) in [4.78, 5) is 4.66. The summed E-state index contributed by atoms with van der Waals surface area (Å²) in [6, 6.07) is 9.00. The SMILES string of the molecule is BC(B)(B)c1ccc(-c2cc(C(B)(B)B)c(C(B)(B)B)cn2)cc1-c1ccc2c(c1)C(F)(F)C(F)(F)C(F)(F)C2(F)F. The Kier molecular flexibility index (Phi) is 7.40. The Morgan fingerprint density at radius 2 is 0.976 bits per heavy atom. The van der Waals surface area contributed by atoms with Crippen LogP contribution in [0.5, 0.6) is 0 Å². The maximum Gasteiger partial charge on any atom is 0.382 e. The van der Waals surface area contributed by atoms with Gasteiger partial charge in [0.25, 0.3) is 0 Å². The molecule has 0 N–H and O–H groups in total. The maximum atomic E-state index is 14.9. The summed E-state index contributed by atoms with van der Waals surface area (Å²) in [6.07, 6.45) is 1.79. The van der Waals surface area contributed by atoms with E-state index in [-0.39, 0.29) is 15.8 Å². The lowest BCUT2D eigenvalue weighted by molar-refractivity contribution is -0.386. The third-order valence-electron chi connectivity index (χ3n) is 7.83. The number of rotatable bonds is 5. The summed E-state index contributed by atoms with van der Waals surface area (Å²) in [5.41, 5.74) is 0.411. The van der Waals surface area contributed by atoms with Crippen LogP contribution in [-0.4, -0.2) is 87.4 Å². The standard InChI is InChI=1S/C24H26B9F8N/c25-20(26,27)12-3-2-10(17-7-15(21(28,29)30)16(8-42-17)22(31,32)33)5-11(12)9-1-4-13-14(6-9)19(36,37)24(40,41)23(38,39)18(13,34)35/h1-8H,25-33H2. The Morgan fingerprint density at radius 3 is 1.48 bits per heavy atom. The first kappa shape index (κ1) is 32.5. The molecule has 4 rings (SSSR count). The van der Waals surface area contributed by atoms with Crippen molar-refractivity contribution in [1.29, 1.82) is 0 Å². The second-order valence-corrected chi connectivity index (χ2v) is 14.2. The summed E-state index contributed by atoms with van der Waals surface area (Å²) >= 11 is 0. The molecule has 0 fully saturated rings. The van der Waals surface area contributed by atoms with E-state index in [1.165, 1.54) is 0 Å². The monoisotopic (exact) mass is 579 g/mol. The Labute approximate surface area is 248 Å². The van der Waals surface area contributed by atoms with Crippen LogP contribution in [0.15, 0.2) is 48.7 Å². The Hall–Kier alpha value is -2.39. The number of aromatic nitrogens is 1. The summed E-state index contributed by atoms with van der Waals surface area (Å²) in [6.45, 7) is 0. The first-order valence-corrected chi connectivity index (χ1v) is 13.6. The highest BCUT2D eigenvalue weighted by Crippen LogP contribution is 2.64. The predicted octanol–water partition coefficient (Wildman–Crippen LogP) is -2.09. The van der Waals surface area contributed by atoms with Crippen LogP contribution in [0.2, 0.25) is 0 Å². The summed E-state index contributed by atoms with van der Waals surface area (Å²) in [5, 5.41) is -1.05. The fourth-order valence-corrected chi connectivity index (χ4v) is 5.41. The highest BCUT2D eigenvalue weighted by Gasteiger charge is 2.85. The predicted molar refractivity (Wildman–Crippen MR) is 175 cm³/mol. The van der Waals surface area contributed by atoms with Crippen molar-refractivity contribution in [2.45, 2.75) is 39.0 Å². The van der Waals surface area contributed by atoms with Gasteiger partial charge in [-0.25, -0.2) is 0 Å². The Balaban J connectivity index is 1.99. The van der Waals surface area contributed by atoms with E-state index in [4.69, 9.17) is 0 Å². The summed E-state index contributed by atoms with van der Waals surface area (Å²) < 4.78 is 116. The van der Waals surface area contributed by atoms with Crippen LogP contribution < -0.4 is 0 Å². The third-order valence-corrected chi connectivity index (χ3v) is 7.83. The van der Waals surface area contributed by atoms with Gasteiger partial charge in [0, 0.05) is 22.9 Å². The van der Waals surface area contributed by atoms with Crippen molar-refractivity contribution < 1.29 is 35.1 Å². The van der Waals surface area contributed by atoms with E-state index in [0.29, 0.717) is 34.5 Å². The number of benzene rings is 2. The average molecular weight is 578 g/mol. The molecular formula is C24H26B9F8N. The molecule has 210 valence electrons. The Morgan fingerprint density at radius 1 is 0.500 bits per heavy atom. The van der Waals surface area contributed by atoms with Crippen LogP contribution in [0.25, 0.3) is 22.4 Å². The van der Waals surface area contributed by atoms with Gasteiger partial charge in [0.05, 0.1) is 76.3 Å². The molecule has 1 aliphatic carbocycles. The summed E-state index contributed by atoms with van der Waals surface area (Å²) in [5.74, 6) is -23.7. The molecule has 0 bridgehead atoms. The highest BCUT2D eigenvalue weighted by molar-refractivity contribution is 6.61. The second kappa shape index (κ2) is 9.56. The molecule has 1 nitrogen and oxygen atoms in total. The molecule has 42 heavy (non-hydrogen) atoms. The number of halogens is 8. The van der Waals surface area contributed by atoms with Crippen molar-refractivity contribution in [2.24, 2.45) is 0 Å². The molecule has 0 unspecified atom stereocenters. The first-order chi connectivity index (χ1) is 18.8. The molecule has 3 aromatic rings. The van der Waals surface area contributed by atoms with Gasteiger partial charge in [-0.05, 0) is 34.9 Å². The van der Waals surface area contributed by atoms with Crippen molar-refractivity contribution >= 4 is 70.6 Å². The van der Waals surface area contributed by atoms with E-state index in [0.717, 1.165) is 17.2 Å². The molecule has 1 heterocycles. The van der Waals surface area contributed by atoms with E-state index in [2.05, 4.69) is 52.1 Å². The van der Waals surface area contributed by atoms with Crippen molar-refractivity contribution in [2.75, 3.05) is 0 Å². The molecule has 2 aromatic carbocycles. The lowest BCUT2D eigenvalue weighted by Gasteiger charge is -2.43. The zero-order valence-electron chi connectivity index (χ0n) is 25.1. The van der Waals surface area contributed by atoms with Crippen molar-refractivity contribution in [3.8, 4) is 22.4 Å². The molecule has 0 amide bonds. The lowest BCUT2D eigenvalue weighted by atomic mass is 9.34. The van der Waals surface area contributed by atoms with Gasteiger partial charge >= 0.3 is 23.7 Å². The van der Waals surface area contributed by atoms with Crippen LogP contribution in [-0.2, 0) is 27.2 Å². The van der Waals surface area contributed by atoms with Gasteiger partial charge in [0.15, 0.2) is 0 Å². The molecule has 0 aliphatic heterocycles. The largest absolute Gasteiger partial charge is 0.382 e. The van der Waals surface area contributed by atoms with Crippen molar-refractivity contribution in [3.63, 3.8) is 0 Å². The number of fused-ring (bicyclic) bond motifs is 1. The van der Waals surface area contributed by atoms with Crippen LogP contribution in [0.1, 0.15) is 27.8 Å². The molecule has 1 aromatic heterocycles. The van der Waals surface area contributed by atoms with Crippen molar-refractivity contribution in [3.05, 3.63) is 76.5 Å². The van der Waals surface area contributed by atoms with Gasteiger partial charge in [-0.15, -0.1) is 0 Å². The maximum absolute atomic E-state index is 14.9. The van der Waals surface area contributed by atoms with E-state index < -0.39 is 39.9 Å². The molecular weight excluding hydrogens is 552 g/mol. The van der Waals surface area contributed by atoms with Crippen LogP contribution in [0, 0.1) is 0 Å². The lowest BCUT2D eigenvalue weighted by Crippen LogP contribution is -2.63. The number of alkyl halides is 8. The quantitative estimate of drug-likeness (QED) is 0.251. The normalized spacial score (nSPS) is 19.1. The fourth-order valence-electron chi connectivity index (χ4n) is 5.41. The minimum absolute atomic E-state index is 0.0839. The molecule has 0 atom stereocenters. The van der Waals surface area contributed by atoms with Crippen LogP contribution in [0.4, 0.5) is 35.1 Å². The number of hydrogen-bond acceptors (Lipinski definition) is 1. The Bertz CT molecular complexity index is 1560. The average Bonchev–Trinajstić information content (AvgIpc) is 2.85. The fraction of sp³-hybridized carbons (Fsp3) is 0.292. The zero-order valence-corrected chi connectivity index (χ0v) is 25.1. The van der Waals surface area contributed by atoms with E-state index in [9.17, 15) is 35.1 Å². The third kappa shape index (κ3) is 4.88.